The van der Waals surface area contributed by atoms with Crippen molar-refractivity contribution in [3.05, 3.63) is 0 Å². The maximum atomic E-state index is 8.89. The number of hydrogen-bond donors (Lipinski definition) is 5. The number of hydrogen-bond acceptors (Lipinski definition) is 6. The van der Waals surface area contributed by atoms with E-state index in [-0.39, 0.29) is 6.61 Å². The molecule has 0 aromatic carbocycles. The van der Waals surface area contributed by atoms with E-state index in [0.717, 1.165) is 0 Å². The highest BCUT2D eigenvalue weighted by atomic mass is 16.7. The van der Waals surface area contributed by atoms with E-state index < -0.39 is 24.3 Å². The van der Waals surface area contributed by atoms with E-state index in [1.807, 2.05) is 0 Å². The average Bonchev–Trinajstić information content (AvgIpc) is 1.95. The van der Waals surface area contributed by atoms with Crippen LogP contribution >= 0.6 is 0 Å². The van der Waals surface area contributed by atoms with Gasteiger partial charge in [-0.3, -0.25) is 0 Å². The summed E-state index contributed by atoms with van der Waals surface area (Å²) in [6.45, 7) is -0.328. The van der Waals surface area contributed by atoms with Gasteiger partial charge in [-0.15, -0.1) is 0 Å². The SMILES string of the molecule is OC1COC(O)C(O)(O)C1O. The van der Waals surface area contributed by atoms with E-state index in [0.29, 0.717) is 0 Å². The predicted molar refractivity (Wildman–Crippen MR) is 31.1 cm³/mol. The van der Waals surface area contributed by atoms with Crippen molar-refractivity contribution >= 4 is 0 Å². The summed E-state index contributed by atoms with van der Waals surface area (Å²) in [5.41, 5.74) is 0. The molecular formula is C5H10O6. The Bertz CT molecular complexity index is 146. The first-order chi connectivity index (χ1) is 4.96. The van der Waals surface area contributed by atoms with Gasteiger partial charge in [-0.2, -0.15) is 0 Å². The van der Waals surface area contributed by atoms with Crippen LogP contribution in [0.2, 0.25) is 0 Å². The van der Waals surface area contributed by atoms with Crippen molar-refractivity contribution in [2.24, 2.45) is 0 Å². The fraction of sp³-hybridized carbons (Fsp3) is 1.00. The van der Waals surface area contributed by atoms with Crippen LogP contribution in [0.3, 0.4) is 0 Å². The number of ether oxygens (including phenoxy) is 1. The van der Waals surface area contributed by atoms with Gasteiger partial charge in [0.25, 0.3) is 0 Å². The minimum atomic E-state index is -2.79. The molecule has 0 aromatic heterocycles. The van der Waals surface area contributed by atoms with E-state index in [4.69, 9.17) is 25.5 Å². The minimum Gasteiger partial charge on any atom is -0.388 e. The lowest BCUT2D eigenvalue weighted by atomic mass is 10.0. The molecule has 0 aliphatic carbocycles. The van der Waals surface area contributed by atoms with Gasteiger partial charge in [0.2, 0.25) is 12.1 Å². The normalized spacial score (nSPS) is 43.9. The summed E-state index contributed by atoms with van der Waals surface area (Å²) in [6.07, 6.45) is -5.10. The molecule has 0 spiro atoms. The van der Waals surface area contributed by atoms with E-state index in [9.17, 15) is 0 Å². The van der Waals surface area contributed by atoms with Crippen molar-refractivity contribution in [2.75, 3.05) is 6.61 Å². The van der Waals surface area contributed by atoms with Crippen LogP contribution in [0, 0.1) is 0 Å². The summed E-state index contributed by atoms with van der Waals surface area (Å²) in [4.78, 5) is 0. The van der Waals surface area contributed by atoms with Gasteiger partial charge in [0, 0.05) is 0 Å². The lowest BCUT2D eigenvalue weighted by Gasteiger charge is -2.38. The highest BCUT2D eigenvalue weighted by Gasteiger charge is 2.49. The van der Waals surface area contributed by atoms with E-state index in [2.05, 4.69) is 4.74 Å². The summed E-state index contributed by atoms with van der Waals surface area (Å²) in [5, 5.41) is 44.1. The Labute approximate surface area is 62.3 Å². The molecule has 3 atom stereocenters. The quantitative estimate of drug-likeness (QED) is 0.242. The Kier molecular flexibility index (Phi) is 2.15. The minimum absolute atomic E-state index is 0.328. The molecule has 0 saturated carbocycles. The van der Waals surface area contributed by atoms with Crippen molar-refractivity contribution in [1.29, 1.82) is 0 Å². The van der Waals surface area contributed by atoms with Crippen molar-refractivity contribution in [3.8, 4) is 0 Å². The third-order valence-corrected chi connectivity index (χ3v) is 1.59. The predicted octanol–water partition coefficient (Wildman–Crippen LogP) is -3.26. The molecule has 0 aromatic rings. The lowest BCUT2D eigenvalue weighted by molar-refractivity contribution is -0.378. The summed E-state index contributed by atoms with van der Waals surface area (Å²) in [7, 11) is 0. The van der Waals surface area contributed by atoms with Crippen molar-refractivity contribution in [3.63, 3.8) is 0 Å². The van der Waals surface area contributed by atoms with Gasteiger partial charge in [-0.1, -0.05) is 0 Å². The molecule has 1 aliphatic heterocycles. The second-order valence-electron chi connectivity index (χ2n) is 2.48. The zero-order valence-electron chi connectivity index (χ0n) is 5.58. The van der Waals surface area contributed by atoms with Gasteiger partial charge in [-0.25, -0.2) is 0 Å². The highest BCUT2D eigenvalue weighted by molar-refractivity contribution is 4.87. The van der Waals surface area contributed by atoms with Crippen LogP contribution in [0.1, 0.15) is 0 Å². The fourth-order valence-electron chi connectivity index (χ4n) is 0.833. The first-order valence-electron chi connectivity index (χ1n) is 3.07. The van der Waals surface area contributed by atoms with Crippen LogP contribution in [-0.4, -0.2) is 56.4 Å². The zero-order valence-corrected chi connectivity index (χ0v) is 5.58. The molecule has 1 aliphatic rings. The van der Waals surface area contributed by atoms with E-state index in [1.54, 1.807) is 0 Å². The van der Waals surface area contributed by atoms with Crippen LogP contribution in [0.15, 0.2) is 0 Å². The zero-order chi connectivity index (χ0) is 8.65. The molecule has 5 N–H and O–H groups in total. The van der Waals surface area contributed by atoms with Gasteiger partial charge in [0.15, 0.2) is 0 Å². The third-order valence-electron chi connectivity index (χ3n) is 1.59. The lowest BCUT2D eigenvalue weighted by Crippen LogP contribution is -2.62. The molecule has 6 heteroatoms. The first-order valence-corrected chi connectivity index (χ1v) is 3.07. The summed E-state index contributed by atoms with van der Waals surface area (Å²) >= 11 is 0. The standard InChI is InChI=1S/C5H10O6/c6-2-1-11-4(8)5(9,10)3(2)7/h2-4,6-10H,1H2. The molecule has 3 unspecified atom stereocenters. The summed E-state index contributed by atoms with van der Waals surface area (Å²) in [5.74, 6) is -2.79. The Morgan fingerprint density at radius 2 is 1.73 bits per heavy atom. The molecule has 0 bridgehead atoms. The third kappa shape index (κ3) is 1.36. The molecule has 1 fully saturated rings. The number of aliphatic hydroxyl groups is 5. The van der Waals surface area contributed by atoms with Gasteiger partial charge in [0.1, 0.15) is 12.2 Å². The fourth-order valence-corrected chi connectivity index (χ4v) is 0.833. The monoisotopic (exact) mass is 166 g/mol. The number of rotatable bonds is 0. The molecule has 1 saturated heterocycles. The van der Waals surface area contributed by atoms with Gasteiger partial charge < -0.3 is 30.3 Å². The average molecular weight is 166 g/mol. The van der Waals surface area contributed by atoms with Crippen molar-refractivity contribution < 1.29 is 30.3 Å². The summed E-state index contributed by atoms with van der Waals surface area (Å²) < 4.78 is 4.32. The largest absolute Gasteiger partial charge is 0.388 e. The van der Waals surface area contributed by atoms with Crippen LogP contribution in [-0.2, 0) is 4.74 Å². The highest BCUT2D eigenvalue weighted by Crippen LogP contribution is 2.21. The number of aliphatic hydroxyl groups excluding tert-OH is 3. The second kappa shape index (κ2) is 2.67. The van der Waals surface area contributed by atoms with Gasteiger partial charge >= 0.3 is 0 Å². The molecule has 6 nitrogen and oxygen atoms in total. The van der Waals surface area contributed by atoms with Crippen LogP contribution < -0.4 is 0 Å². The maximum Gasteiger partial charge on any atom is 0.245 e. The molecular weight excluding hydrogens is 156 g/mol. The Morgan fingerprint density at radius 1 is 1.18 bits per heavy atom. The second-order valence-corrected chi connectivity index (χ2v) is 2.48. The Morgan fingerprint density at radius 3 is 2.18 bits per heavy atom. The Balaban J connectivity index is 2.72. The van der Waals surface area contributed by atoms with Crippen LogP contribution in [0.5, 0.6) is 0 Å². The van der Waals surface area contributed by atoms with Gasteiger partial charge in [0.05, 0.1) is 6.61 Å². The molecule has 0 amide bonds. The summed E-state index contributed by atoms with van der Waals surface area (Å²) in [6, 6.07) is 0. The molecule has 66 valence electrons. The topological polar surface area (TPSA) is 110 Å². The van der Waals surface area contributed by atoms with Crippen LogP contribution in [0.25, 0.3) is 0 Å². The smallest absolute Gasteiger partial charge is 0.245 e. The van der Waals surface area contributed by atoms with Crippen LogP contribution in [0.4, 0.5) is 0 Å². The van der Waals surface area contributed by atoms with E-state index in [1.165, 1.54) is 0 Å². The maximum absolute atomic E-state index is 8.89. The Hall–Kier alpha value is -0.240. The molecule has 11 heavy (non-hydrogen) atoms. The molecule has 1 rings (SSSR count). The molecule has 0 radical (unpaired) electrons. The first kappa shape index (κ1) is 8.85. The van der Waals surface area contributed by atoms with Crippen molar-refractivity contribution in [1.82, 2.24) is 0 Å². The van der Waals surface area contributed by atoms with E-state index >= 15 is 0 Å². The molecule has 1 heterocycles. The van der Waals surface area contributed by atoms with Gasteiger partial charge in [-0.05, 0) is 0 Å². The van der Waals surface area contributed by atoms with Crippen molar-refractivity contribution in [2.45, 2.75) is 24.3 Å².